The molecule has 0 atom stereocenters. The fourth-order valence-electron chi connectivity index (χ4n) is 1.96. The lowest BCUT2D eigenvalue weighted by molar-refractivity contribution is 0.871. The summed E-state index contributed by atoms with van der Waals surface area (Å²) in [5.41, 5.74) is 1.62. The first-order chi connectivity index (χ1) is 11.0. The van der Waals surface area contributed by atoms with Crippen LogP contribution in [0.4, 0.5) is 0 Å². The van der Waals surface area contributed by atoms with Crippen molar-refractivity contribution in [3.8, 4) is 11.4 Å². The number of aromatic nitrogens is 3. The van der Waals surface area contributed by atoms with Crippen LogP contribution >= 0.6 is 51.3 Å². The number of rotatable bonds is 3. The van der Waals surface area contributed by atoms with Gasteiger partial charge in [-0.05, 0) is 48.1 Å². The van der Waals surface area contributed by atoms with Crippen LogP contribution < -0.4 is 0 Å². The van der Waals surface area contributed by atoms with E-state index < -0.39 is 0 Å². The van der Waals surface area contributed by atoms with Gasteiger partial charge in [0.1, 0.15) is 0 Å². The standard InChI is InChI=1S/C15H9BrCl2N4S/c16-10-3-1-2-9(6-10)8-19-22-14(20-21-15(22)23)12-5-4-11(17)7-13(12)18/h1-8H,(H,21,23). The second-order valence-electron chi connectivity index (χ2n) is 4.59. The van der Waals surface area contributed by atoms with Gasteiger partial charge < -0.3 is 0 Å². The molecule has 8 heteroatoms. The van der Waals surface area contributed by atoms with Crippen LogP contribution in [0.3, 0.4) is 0 Å². The van der Waals surface area contributed by atoms with Gasteiger partial charge in [-0.2, -0.15) is 14.9 Å². The molecular formula is C15H9BrCl2N4S. The van der Waals surface area contributed by atoms with Crippen molar-refractivity contribution in [2.45, 2.75) is 0 Å². The number of nitrogens with one attached hydrogen (secondary N) is 1. The largest absolute Gasteiger partial charge is 0.250 e. The smallest absolute Gasteiger partial charge is 0.216 e. The number of nitrogens with zero attached hydrogens (tertiary/aromatic N) is 3. The van der Waals surface area contributed by atoms with Gasteiger partial charge in [-0.25, -0.2) is 5.10 Å². The average Bonchev–Trinajstić information content (AvgIpc) is 2.86. The van der Waals surface area contributed by atoms with Gasteiger partial charge in [-0.15, -0.1) is 0 Å². The Morgan fingerprint density at radius 1 is 1.22 bits per heavy atom. The van der Waals surface area contributed by atoms with Gasteiger partial charge in [0.05, 0.1) is 11.2 Å². The second-order valence-corrected chi connectivity index (χ2v) is 6.73. The van der Waals surface area contributed by atoms with E-state index in [0.717, 1.165) is 10.0 Å². The topological polar surface area (TPSA) is 46.0 Å². The zero-order valence-electron chi connectivity index (χ0n) is 11.5. The Kier molecular flexibility index (Phi) is 4.96. The lowest BCUT2D eigenvalue weighted by atomic mass is 10.2. The third-order valence-electron chi connectivity index (χ3n) is 2.99. The van der Waals surface area contributed by atoms with E-state index >= 15 is 0 Å². The van der Waals surface area contributed by atoms with Crippen molar-refractivity contribution < 1.29 is 0 Å². The van der Waals surface area contributed by atoms with Crippen molar-refractivity contribution >= 4 is 57.6 Å². The number of aromatic amines is 1. The van der Waals surface area contributed by atoms with Gasteiger partial charge in [0.15, 0.2) is 5.82 Å². The number of halogens is 3. The normalized spacial score (nSPS) is 11.3. The molecule has 1 N–H and O–H groups in total. The maximum atomic E-state index is 6.24. The molecule has 0 fully saturated rings. The Labute approximate surface area is 155 Å². The van der Waals surface area contributed by atoms with Gasteiger partial charge in [0.2, 0.25) is 4.77 Å². The van der Waals surface area contributed by atoms with Crippen molar-refractivity contribution in [1.82, 2.24) is 14.9 Å². The minimum Gasteiger partial charge on any atom is -0.250 e. The van der Waals surface area contributed by atoms with E-state index in [1.807, 2.05) is 24.3 Å². The van der Waals surface area contributed by atoms with E-state index in [9.17, 15) is 0 Å². The first-order valence-electron chi connectivity index (χ1n) is 6.47. The molecule has 0 aliphatic rings. The summed E-state index contributed by atoms with van der Waals surface area (Å²) >= 11 is 20.8. The van der Waals surface area contributed by atoms with Crippen LogP contribution in [0.2, 0.25) is 10.0 Å². The molecule has 1 aromatic heterocycles. The molecule has 3 rings (SSSR count). The fourth-order valence-corrected chi connectivity index (χ4v) is 3.04. The van der Waals surface area contributed by atoms with E-state index in [4.69, 9.17) is 35.4 Å². The van der Waals surface area contributed by atoms with Gasteiger partial charge in [0.25, 0.3) is 0 Å². The van der Waals surface area contributed by atoms with Gasteiger partial charge in [-0.3, -0.25) is 0 Å². The van der Waals surface area contributed by atoms with Crippen LogP contribution in [0.1, 0.15) is 5.56 Å². The molecule has 0 aliphatic carbocycles. The summed E-state index contributed by atoms with van der Waals surface area (Å²) in [6.45, 7) is 0. The maximum Gasteiger partial charge on any atom is 0.216 e. The summed E-state index contributed by atoms with van der Waals surface area (Å²) in [6, 6.07) is 12.9. The molecule has 1 heterocycles. The van der Waals surface area contributed by atoms with E-state index in [0.29, 0.717) is 26.2 Å². The molecular weight excluding hydrogens is 419 g/mol. The minimum atomic E-state index is 0.372. The predicted octanol–water partition coefficient (Wildman–Crippen LogP) is 5.56. The molecule has 0 saturated carbocycles. The maximum absolute atomic E-state index is 6.24. The third-order valence-corrected chi connectivity index (χ3v) is 4.30. The van der Waals surface area contributed by atoms with Crippen LogP contribution in [0.25, 0.3) is 11.4 Å². The highest BCUT2D eigenvalue weighted by molar-refractivity contribution is 9.10. The lowest BCUT2D eigenvalue weighted by Gasteiger charge is -2.04. The summed E-state index contributed by atoms with van der Waals surface area (Å²) in [7, 11) is 0. The molecule has 0 radical (unpaired) electrons. The fraction of sp³-hybridized carbons (Fsp3) is 0. The number of hydrogen-bond acceptors (Lipinski definition) is 3. The quantitative estimate of drug-likeness (QED) is 0.439. The lowest BCUT2D eigenvalue weighted by Crippen LogP contribution is -1.95. The molecule has 23 heavy (non-hydrogen) atoms. The van der Waals surface area contributed by atoms with Crippen molar-refractivity contribution in [3.63, 3.8) is 0 Å². The van der Waals surface area contributed by atoms with E-state index in [1.165, 1.54) is 4.68 Å². The van der Waals surface area contributed by atoms with E-state index in [2.05, 4.69) is 31.2 Å². The highest BCUT2D eigenvalue weighted by Crippen LogP contribution is 2.29. The summed E-state index contributed by atoms with van der Waals surface area (Å²) in [5.74, 6) is 0.517. The first-order valence-corrected chi connectivity index (χ1v) is 8.43. The molecule has 0 aliphatic heterocycles. The number of hydrogen-bond donors (Lipinski definition) is 1. The Morgan fingerprint density at radius 3 is 2.78 bits per heavy atom. The zero-order valence-corrected chi connectivity index (χ0v) is 15.4. The van der Waals surface area contributed by atoms with Crippen molar-refractivity contribution in [3.05, 3.63) is 67.3 Å². The molecule has 4 nitrogen and oxygen atoms in total. The Bertz CT molecular complexity index is 949. The Balaban J connectivity index is 2.04. The molecule has 0 spiro atoms. The summed E-state index contributed by atoms with van der Waals surface area (Å²) < 4.78 is 2.86. The van der Waals surface area contributed by atoms with Gasteiger partial charge in [-0.1, -0.05) is 51.3 Å². The van der Waals surface area contributed by atoms with Crippen molar-refractivity contribution in [2.24, 2.45) is 5.10 Å². The molecule has 0 saturated heterocycles. The second kappa shape index (κ2) is 6.97. The van der Waals surface area contributed by atoms with Crippen LogP contribution in [0, 0.1) is 4.77 Å². The first kappa shape index (κ1) is 16.4. The summed E-state index contributed by atoms with van der Waals surface area (Å²) in [4.78, 5) is 0. The number of benzene rings is 2. The molecule has 0 amide bonds. The van der Waals surface area contributed by atoms with Crippen molar-refractivity contribution in [2.75, 3.05) is 0 Å². The van der Waals surface area contributed by atoms with Crippen LogP contribution in [-0.4, -0.2) is 21.1 Å². The zero-order chi connectivity index (χ0) is 16.4. The van der Waals surface area contributed by atoms with E-state index in [1.54, 1.807) is 24.4 Å². The SMILES string of the molecule is S=c1[nH]nc(-c2ccc(Cl)cc2Cl)n1N=Cc1cccc(Br)c1. The van der Waals surface area contributed by atoms with Crippen molar-refractivity contribution in [1.29, 1.82) is 0 Å². The van der Waals surface area contributed by atoms with Crippen LogP contribution in [0.5, 0.6) is 0 Å². The summed E-state index contributed by atoms with van der Waals surface area (Å²) in [6.07, 6.45) is 1.70. The molecule has 3 aromatic rings. The molecule has 0 unspecified atom stereocenters. The van der Waals surface area contributed by atoms with Crippen LogP contribution in [0.15, 0.2) is 52.0 Å². The van der Waals surface area contributed by atoms with Gasteiger partial charge in [0, 0.05) is 15.1 Å². The minimum absolute atomic E-state index is 0.372. The number of H-pyrrole nitrogens is 1. The Hall–Kier alpha value is -1.47. The van der Waals surface area contributed by atoms with Crippen LogP contribution in [-0.2, 0) is 0 Å². The summed E-state index contributed by atoms with van der Waals surface area (Å²) in [5, 5.41) is 12.4. The van der Waals surface area contributed by atoms with E-state index in [-0.39, 0.29) is 0 Å². The Morgan fingerprint density at radius 2 is 2.04 bits per heavy atom. The molecule has 0 bridgehead atoms. The average molecular weight is 428 g/mol. The predicted molar refractivity (Wildman–Crippen MR) is 100 cm³/mol. The van der Waals surface area contributed by atoms with Gasteiger partial charge >= 0.3 is 0 Å². The highest BCUT2D eigenvalue weighted by Gasteiger charge is 2.12. The highest BCUT2D eigenvalue weighted by atomic mass is 79.9. The molecule has 2 aromatic carbocycles. The monoisotopic (exact) mass is 426 g/mol. The molecule has 116 valence electrons. The third kappa shape index (κ3) is 3.72.